The Hall–Kier alpha value is -1.52. The molecular weight excluding hydrogens is 246 g/mol. The number of hydrogen-bond acceptors (Lipinski definition) is 4. The Balaban J connectivity index is 1.98. The van der Waals surface area contributed by atoms with Gasteiger partial charge in [-0.3, -0.25) is 0 Å². The van der Waals surface area contributed by atoms with Gasteiger partial charge in [0.2, 0.25) is 0 Å². The highest BCUT2D eigenvalue weighted by molar-refractivity contribution is 7.07. The summed E-state index contributed by atoms with van der Waals surface area (Å²) in [5.41, 5.74) is 2.14. The first-order valence-corrected chi connectivity index (χ1v) is 6.76. The minimum absolute atomic E-state index is 0.263. The van der Waals surface area contributed by atoms with Gasteiger partial charge >= 0.3 is 0 Å². The van der Waals surface area contributed by atoms with Crippen LogP contribution in [0, 0.1) is 0 Å². The third-order valence-electron chi connectivity index (χ3n) is 2.93. The van der Waals surface area contributed by atoms with Crippen molar-refractivity contribution in [2.24, 2.45) is 0 Å². The molecule has 1 aromatic carbocycles. The smallest absolute Gasteiger partial charge is 0.123 e. The number of methoxy groups -OCH3 is 1. The predicted octanol–water partition coefficient (Wildman–Crippen LogP) is 3.31. The van der Waals surface area contributed by atoms with Crippen LogP contribution < -0.4 is 10.1 Å². The molecule has 0 aliphatic carbocycles. The predicted molar refractivity (Wildman–Crippen MR) is 74.2 cm³/mol. The first-order valence-electron chi connectivity index (χ1n) is 5.82. The van der Waals surface area contributed by atoms with Crippen LogP contribution in [0.5, 0.6) is 11.5 Å². The van der Waals surface area contributed by atoms with Crippen LogP contribution in [0.3, 0.4) is 0 Å². The van der Waals surface area contributed by atoms with Gasteiger partial charge in [-0.25, -0.2) is 0 Å². The van der Waals surface area contributed by atoms with Crippen molar-refractivity contribution in [2.45, 2.75) is 19.5 Å². The molecule has 1 heterocycles. The summed E-state index contributed by atoms with van der Waals surface area (Å²) in [6.45, 7) is 2.75. The van der Waals surface area contributed by atoms with Gasteiger partial charge in [0.25, 0.3) is 0 Å². The normalized spacial score (nSPS) is 12.3. The summed E-state index contributed by atoms with van der Waals surface area (Å²) < 4.78 is 5.06. The molecule has 2 rings (SSSR count). The van der Waals surface area contributed by atoms with Crippen molar-refractivity contribution in [1.82, 2.24) is 5.32 Å². The SMILES string of the molecule is COc1ccc(CNC(C)c2ccsc2)c(O)c1. The lowest BCUT2D eigenvalue weighted by molar-refractivity contribution is 0.405. The van der Waals surface area contributed by atoms with Crippen LogP contribution in [-0.4, -0.2) is 12.2 Å². The summed E-state index contributed by atoms with van der Waals surface area (Å²) in [5, 5.41) is 17.4. The van der Waals surface area contributed by atoms with Crippen LogP contribution in [-0.2, 0) is 6.54 Å². The molecule has 0 saturated carbocycles. The minimum atomic E-state index is 0.263. The van der Waals surface area contributed by atoms with Gasteiger partial charge in [-0.15, -0.1) is 0 Å². The van der Waals surface area contributed by atoms with Gasteiger partial charge in [0.1, 0.15) is 11.5 Å². The number of hydrogen-bond donors (Lipinski definition) is 2. The van der Waals surface area contributed by atoms with E-state index < -0.39 is 0 Å². The lowest BCUT2D eigenvalue weighted by Crippen LogP contribution is -2.17. The third-order valence-corrected chi connectivity index (χ3v) is 3.64. The molecule has 1 aromatic heterocycles. The molecule has 96 valence electrons. The summed E-state index contributed by atoms with van der Waals surface area (Å²) in [6.07, 6.45) is 0. The number of thiophene rings is 1. The second-order valence-electron chi connectivity index (χ2n) is 4.15. The number of phenols is 1. The van der Waals surface area contributed by atoms with Gasteiger partial charge in [-0.05, 0) is 35.4 Å². The van der Waals surface area contributed by atoms with Gasteiger partial charge in [-0.1, -0.05) is 6.07 Å². The Morgan fingerprint density at radius 1 is 1.39 bits per heavy atom. The second kappa shape index (κ2) is 5.89. The molecule has 0 fully saturated rings. The van der Waals surface area contributed by atoms with E-state index >= 15 is 0 Å². The molecule has 0 aliphatic heterocycles. The van der Waals surface area contributed by atoms with Crippen molar-refractivity contribution in [2.75, 3.05) is 7.11 Å². The molecule has 1 unspecified atom stereocenters. The summed E-state index contributed by atoms with van der Waals surface area (Å²) >= 11 is 1.69. The zero-order valence-electron chi connectivity index (χ0n) is 10.5. The van der Waals surface area contributed by atoms with Crippen molar-refractivity contribution in [3.8, 4) is 11.5 Å². The van der Waals surface area contributed by atoms with Crippen LogP contribution in [0.25, 0.3) is 0 Å². The van der Waals surface area contributed by atoms with E-state index in [4.69, 9.17) is 4.74 Å². The summed E-state index contributed by atoms with van der Waals surface area (Å²) in [6, 6.07) is 7.74. The molecule has 4 heteroatoms. The maximum Gasteiger partial charge on any atom is 0.123 e. The van der Waals surface area contributed by atoms with E-state index in [9.17, 15) is 5.11 Å². The highest BCUT2D eigenvalue weighted by Crippen LogP contribution is 2.24. The highest BCUT2D eigenvalue weighted by atomic mass is 32.1. The second-order valence-corrected chi connectivity index (χ2v) is 4.93. The van der Waals surface area contributed by atoms with E-state index in [0.29, 0.717) is 12.3 Å². The van der Waals surface area contributed by atoms with Crippen LogP contribution in [0.15, 0.2) is 35.0 Å². The lowest BCUT2D eigenvalue weighted by Gasteiger charge is -2.13. The monoisotopic (exact) mass is 263 g/mol. The van der Waals surface area contributed by atoms with Crippen molar-refractivity contribution < 1.29 is 9.84 Å². The first kappa shape index (κ1) is 12.9. The number of rotatable bonds is 5. The zero-order chi connectivity index (χ0) is 13.0. The van der Waals surface area contributed by atoms with Crippen LogP contribution >= 0.6 is 11.3 Å². The maximum atomic E-state index is 9.85. The molecule has 1 atom stereocenters. The molecule has 0 spiro atoms. The van der Waals surface area contributed by atoms with Gasteiger partial charge < -0.3 is 15.2 Å². The molecule has 0 radical (unpaired) electrons. The fraction of sp³-hybridized carbons (Fsp3) is 0.286. The lowest BCUT2D eigenvalue weighted by atomic mass is 10.1. The summed E-state index contributed by atoms with van der Waals surface area (Å²) in [5.74, 6) is 0.932. The topological polar surface area (TPSA) is 41.5 Å². The Labute approximate surface area is 111 Å². The molecule has 0 saturated heterocycles. The zero-order valence-corrected chi connectivity index (χ0v) is 11.3. The maximum absolute atomic E-state index is 9.85. The average molecular weight is 263 g/mol. The fourth-order valence-corrected chi connectivity index (χ4v) is 2.48. The molecular formula is C14H17NO2S. The van der Waals surface area contributed by atoms with Gasteiger partial charge in [-0.2, -0.15) is 11.3 Å². The van der Waals surface area contributed by atoms with E-state index in [1.54, 1.807) is 24.5 Å². The number of benzene rings is 1. The largest absolute Gasteiger partial charge is 0.507 e. The molecule has 3 nitrogen and oxygen atoms in total. The molecule has 0 bridgehead atoms. The Morgan fingerprint density at radius 2 is 2.22 bits per heavy atom. The fourth-order valence-electron chi connectivity index (χ4n) is 1.72. The summed E-state index contributed by atoms with van der Waals surface area (Å²) in [7, 11) is 1.59. The Morgan fingerprint density at radius 3 is 2.83 bits per heavy atom. The highest BCUT2D eigenvalue weighted by Gasteiger charge is 2.07. The summed E-state index contributed by atoms with van der Waals surface area (Å²) in [4.78, 5) is 0. The van der Waals surface area contributed by atoms with E-state index in [2.05, 4.69) is 29.1 Å². The van der Waals surface area contributed by atoms with Crippen molar-refractivity contribution in [3.05, 3.63) is 46.2 Å². The number of aromatic hydroxyl groups is 1. The molecule has 0 aliphatic rings. The minimum Gasteiger partial charge on any atom is -0.507 e. The van der Waals surface area contributed by atoms with Crippen LogP contribution in [0.2, 0.25) is 0 Å². The van der Waals surface area contributed by atoms with Gasteiger partial charge in [0.15, 0.2) is 0 Å². The van der Waals surface area contributed by atoms with E-state index in [1.807, 2.05) is 12.1 Å². The number of phenolic OH excluding ortho intramolecular Hbond substituents is 1. The van der Waals surface area contributed by atoms with Crippen molar-refractivity contribution >= 4 is 11.3 Å². The molecule has 18 heavy (non-hydrogen) atoms. The number of nitrogens with one attached hydrogen (secondary N) is 1. The van der Waals surface area contributed by atoms with Gasteiger partial charge in [0.05, 0.1) is 7.11 Å². The van der Waals surface area contributed by atoms with Crippen LogP contribution in [0.4, 0.5) is 0 Å². The van der Waals surface area contributed by atoms with E-state index in [-0.39, 0.29) is 11.8 Å². The van der Waals surface area contributed by atoms with Crippen molar-refractivity contribution in [3.63, 3.8) is 0 Å². The first-order chi connectivity index (χ1) is 8.70. The quantitative estimate of drug-likeness (QED) is 0.869. The van der Waals surface area contributed by atoms with Gasteiger partial charge in [0, 0.05) is 24.2 Å². The molecule has 0 amide bonds. The molecule has 2 aromatic rings. The van der Waals surface area contributed by atoms with E-state index in [1.165, 1.54) is 5.56 Å². The average Bonchev–Trinajstić information content (AvgIpc) is 2.90. The van der Waals surface area contributed by atoms with Crippen molar-refractivity contribution in [1.29, 1.82) is 0 Å². The Bertz CT molecular complexity index is 497. The number of ether oxygens (including phenoxy) is 1. The van der Waals surface area contributed by atoms with Crippen LogP contribution in [0.1, 0.15) is 24.1 Å². The molecule has 2 N–H and O–H groups in total. The van der Waals surface area contributed by atoms with E-state index in [0.717, 1.165) is 5.56 Å². The Kier molecular flexibility index (Phi) is 4.23. The third kappa shape index (κ3) is 3.03. The standard InChI is InChI=1S/C14H17NO2S/c1-10(12-5-6-18-9-12)15-8-11-3-4-13(17-2)7-14(11)16/h3-7,9-10,15-16H,8H2,1-2H3.